The first kappa shape index (κ1) is 17.7. The van der Waals surface area contributed by atoms with E-state index in [0.29, 0.717) is 6.54 Å². The van der Waals surface area contributed by atoms with Gasteiger partial charge in [-0.05, 0) is 50.9 Å². The monoisotopic (exact) mass is 336 g/mol. The van der Waals surface area contributed by atoms with Gasteiger partial charge in [-0.2, -0.15) is 0 Å². The van der Waals surface area contributed by atoms with Crippen LogP contribution in [0.4, 0.5) is 0 Å². The lowest BCUT2D eigenvalue weighted by Crippen LogP contribution is -2.40. The average Bonchev–Trinajstić information content (AvgIpc) is 2.63. The van der Waals surface area contributed by atoms with Crippen molar-refractivity contribution < 1.29 is 4.79 Å². The van der Waals surface area contributed by atoms with E-state index >= 15 is 0 Å². The molecule has 1 heterocycles. The Balaban J connectivity index is 1.42. The van der Waals surface area contributed by atoms with Crippen molar-refractivity contribution in [3.05, 3.63) is 70.8 Å². The Kier molecular flexibility index (Phi) is 5.87. The van der Waals surface area contributed by atoms with Crippen molar-refractivity contribution in [2.45, 2.75) is 39.8 Å². The van der Waals surface area contributed by atoms with Gasteiger partial charge in [-0.3, -0.25) is 9.69 Å². The van der Waals surface area contributed by atoms with Crippen LogP contribution in [0, 0.1) is 19.8 Å². The van der Waals surface area contributed by atoms with Crippen LogP contribution in [0.1, 0.15) is 35.1 Å². The lowest BCUT2D eigenvalue weighted by molar-refractivity contribution is -0.126. The van der Waals surface area contributed by atoms with Gasteiger partial charge in [0.1, 0.15) is 0 Å². The van der Waals surface area contributed by atoms with Gasteiger partial charge in [-0.25, -0.2) is 0 Å². The van der Waals surface area contributed by atoms with E-state index in [9.17, 15) is 4.79 Å². The summed E-state index contributed by atoms with van der Waals surface area (Å²) in [7, 11) is 0. The highest BCUT2D eigenvalue weighted by Crippen LogP contribution is 2.19. The lowest BCUT2D eigenvalue weighted by Gasteiger charge is -2.31. The molecule has 1 N–H and O–H groups in total. The third-order valence-electron chi connectivity index (χ3n) is 5.07. The molecule has 0 atom stereocenters. The fourth-order valence-electron chi connectivity index (χ4n) is 3.34. The summed E-state index contributed by atoms with van der Waals surface area (Å²) in [5.41, 5.74) is 5.06. The Hall–Kier alpha value is -2.13. The molecule has 3 heteroatoms. The summed E-state index contributed by atoms with van der Waals surface area (Å²) in [5, 5.41) is 3.10. The number of aryl methyl sites for hydroxylation is 2. The molecule has 0 radical (unpaired) electrons. The van der Waals surface area contributed by atoms with Gasteiger partial charge >= 0.3 is 0 Å². The maximum atomic E-state index is 12.4. The number of benzene rings is 2. The highest BCUT2D eigenvalue weighted by Gasteiger charge is 2.24. The van der Waals surface area contributed by atoms with Crippen LogP contribution < -0.4 is 5.32 Å². The number of hydrogen-bond acceptors (Lipinski definition) is 2. The van der Waals surface area contributed by atoms with E-state index in [1.54, 1.807) is 0 Å². The SMILES string of the molecule is Cc1ccc(CNC(=O)C2CCN(Cc3ccc(C)cc3)CC2)cc1. The molecule has 0 bridgehead atoms. The number of hydrogen-bond donors (Lipinski definition) is 1. The fraction of sp³-hybridized carbons (Fsp3) is 0.409. The molecule has 0 saturated carbocycles. The minimum Gasteiger partial charge on any atom is -0.352 e. The van der Waals surface area contributed by atoms with Crippen LogP contribution >= 0.6 is 0 Å². The van der Waals surface area contributed by atoms with E-state index in [1.165, 1.54) is 16.7 Å². The molecular formula is C22H28N2O. The van der Waals surface area contributed by atoms with Crippen molar-refractivity contribution >= 4 is 5.91 Å². The third kappa shape index (κ3) is 5.17. The van der Waals surface area contributed by atoms with Crippen molar-refractivity contribution in [3.63, 3.8) is 0 Å². The topological polar surface area (TPSA) is 32.3 Å². The first-order valence-corrected chi connectivity index (χ1v) is 9.21. The predicted octanol–water partition coefficient (Wildman–Crippen LogP) is 3.83. The standard InChI is InChI=1S/C22H28N2O/c1-17-3-7-19(8-4-17)15-23-22(25)21-11-13-24(14-12-21)16-20-9-5-18(2)6-10-20/h3-10,21H,11-16H2,1-2H3,(H,23,25). The zero-order valence-electron chi connectivity index (χ0n) is 15.3. The molecule has 2 aromatic rings. The smallest absolute Gasteiger partial charge is 0.223 e. The fourth-order valence-corrected chi connectivity index (χ4v) is 3.34. The summed E-state index contributed by atoms with van der Waals surface area (Å²) in [6, 6.07) is 17.1. The first-order chi connectivity index (χ1) is 12.1. The van der Waals surface area contributed by atoms with Gasteiger partial charge in [-0.15, -0.1) is 0 Å². The van der Waals surface area contributed by atoms with E-state index < -0.39 is 0 Å². The van der Waals surface area contributed by atoms with Crippen LogP contribution in [0.25, 0.3) is 0 Å². The molecule has 1 saturated heterocycles. The minimum absolute atomic E-state index is 0.153. The molecule has 0 spiro atoms. The number of rotatable bonds is 5. The van der Waals surface area contributed by atoms with Crippen LogP contribution in [0.15, 0.2) is 48.5 Å². The van der Waals surface area contributed by atoms with Crippen molar-refractivity contribution in [1.29, 1.82) is 0 Å². The highest BCUT2D eigenvalue weighted by molar-refractivity contribution is 5.78. The Morgan fingerprint density at radius 1 is 0.920 bits per heavy atom. The number of likely N-dealkylation sites (tertiary alicyclic amines) is 1. The number of nitrogens with one attached hydrogen (secondary N) is 1. The summed E-state index contributed by atoms with van der Waals surface area (Å²) in [6.07, 6.45) is 1.90. The Morgan fingerprint density at radius 2 is 1.44 bits per heavy atom. The van der Waals surface area contributed by atoms with E-state index in [0.717, 1.165) is 38.0 Å². The van der Waals surface area contributed by atoms with Crippen LogP contribution in [-0.4, -0.2) is 23.9 Å². The zero-order chi connectivity index (χ0) is 17.6. The van der Waals surface area contributed by atoms with Crippen LogP contribution in [0.3, 0.4) is 0 Å². The van der Waals surface area contributed by atoms with Crippen LogP contribution in [0.2, 0.25) is 0 Å². The highest BCUT2D eigenvalue weighted by atomic mass is 16.1. The molecule has 0 aliphatic carbocycles. The molecule has 1 aliphatic heterocycles. The van der Waals surface area contributed by atoms with E-state index in [-0.39, 0.29) is 11.8 Å². The van der Waals surface area contributed by atoms with Gasteiger partial charge in [0.05, 0.1) is 0 Å². The van der Waals surface area contributed by atoms with E-state index in [2.05, 4.69) is 72.6 Å². The maximum Gasteiger partial charge on any atom is 0.223 e. The Morgan fingerprint density at radius 3 is 2.00 bits per heavy atom. The predicted molar refractivity (Wildman–Crippen MR) is 102 cm³/mol. The Bertz CT molecular complexity index is 683. The van der Waals surface area contributed by atoms with Gasteiger partial charge in [0, 0.05) is 19.0 Å². The van der Waals surface area contributed by atoms with Crippen molar-refractivity contribution in [2.24, 2.45) is 5.92 Å². The molecule has 132 valence electrons. The molecule has 1 amide bonds. The molecule has 1 aliphatic rings. The van der Waals surface area contributed by atoms with E-state index in [1.807, 2.05) is 0 Å². The number of piperidine rings is 1. The van der Waals surface area contributed by atoms with Gasteiger partial charge in [-0.1, -0.05) is 59.7 Å². The second kappa shape index (κ2) is 8.30. The minimum atomic E-state index is 0.153. The summed E-state index contributed by atoms with van der Waals surface area (Å²) in [4.78, 5) is 14.9. The van der Waals surface area contributed by atoms with Crippen molar-refractivity contribution in [2.75, 3.05) is 13.1 Å². The maximum absolute atomic E-state index is 12.4. The van der Waals surface area contributed by atoms with Crippen molar-refractivity contribution in [3.8, 4) is 0 Å². The number of carbonyl (C=O) groups is 1. The zero-order valence-corrected chi connectivity index (χ0v) is 15.3. The van der Waals surface area contributed by atoms with Gasteiger partial charge < -0.3 is 5.32 Å². The summed E-state index contributed by atoms with van der Waals surface area (Å²) in [6.45, 7) is 7.80. The summed E-state index contributed by atoms with van der Waals surface area (Å²) >= 11 is 0. The van der Waals surface area contributed by atoms with Gasteiger partial charge in [0.25, 0.3) is 0 Å². The number of carbonyl (C=O) groups excluding carboxylic acids is 1. The molecule has 25 heavy (non-hydrogen) atoms. The Labute approximate surface area is 151 Å². The molecule has 2 aromatic carbocycles. The second-order valence-electron chi connectivity index (χ2n) is 7.24. The van der Waals surface area contributed by atoms with E-state index in [4.69, 9.17) is 0 Å². The van der Waals surface area contributed by atoms with Crippen LogP contribution in [-0.2, 0) is 17.9 Å². The summed E-state index contributed by atoms with van der Waals surface area (Å²) in [5.74, 6) is 0.357. The molecular weight excluding hydrogens is 308 g/mol. The molecule has 0 aromatic heterocycles. The molecule has 1 fully saturated rings. The van der Waals surface area contributed by atoms with Crippen molar-refractivity contribution in [1.82, 2.24) is 10.2 Å². The quantitative estimate of drug-likeness (QED) is 0.900. The summed E-state index contributed by atoms with van der Waals surface area (Å²) < 4.78 is 0. The number of amides is 1. The van der Waals surface area contributed by atoms with Crippen LogP contribution in [0.5, 0.6) is 0 Å². The largest absolute Gasteiger partial charge is 0.352 e. The second-order valence-corrected chi connectivity index (χ2v) is 7.24. The molecule has 0 unspecified atom stereocenters. The normalized spacial score (nSPS) is 15.9. The van der Waals surface area contributed by atoms with Gasteiger partial charge in [0.15, 0.2) is 0 Å². The average molecular weight is 336 g/mol. The number of nitrogens with zero attached hydrogens (tertiary/aromatic N) is 1. The lowest BCUT2D eigenvalue weighted by atomic mass is 9.95. The first-order valence-electron chi connectivity index (χ1n) is 9.21. The molecule has 3 rings (SSSR count). The van der Waals surface area contributed by atoms with Gasteiger partial charge in [0.2, 0.25) is 5.91 Å². The molecule has 3 nitrogen and oxygen atoms in total. The third-order valence-corrected chi connectivity index (χ3v) is 5.07.